The molecule has 2 fully saturated rings. The summed E-state index contributed by atoms with van der Waals surface area (Å²) < 4.78 is 24.5. The van der Waals surface area contributed by atoms with Crippen LogP contribution in [-0.4, -0.2) is 56.0 Å². The molecule has 0 N–H and O–H groups in total. The summed E-state index contributed by atoms with van der Waals surface area (Å²) in [5.41, 5.74) is 1.08. The number of amides is 1. The molecule has 2 aliphatic rings. The van der Waals surface area contributed by atoms with Crippen molar-refractivity contribution in [2.45, 2.75) is 25.2 Å². The minimum Gasteiger partial charge on any atom is -0.331 e. The van der Waals surface area contributed by atoms with E-state index in [1.165, 1.54) is 10.6 Å². The average Bonchev–Trinajstić information content (AvgIpc) is 3.11. The smallest absolute Gasteiger partial charge is 0.298 e. The largest absolute Gasteiger partial charge is 0.331 e. The monoisotopic (exact) mass is 428 g/mol. The van der Waals surface area contributed by atoms with Gasteiger partial charge in [0.15, 0.2) is 0 Å². The van der Waals surface area contributed by atoms with Crippen LogP contribution in [0.15, 0.2) is 18.2 Å². The van der Waals surface area contributed by atoms with E-state index in [1.54, 1.807) is 11.0 Å². The molecule has 27 heavy (non-hydrogen) atoms. The highest BCUT2D eigenvalue weighted by molar-refractivity contribution is 7.88. The maximum Gasteiger partial charge on any atom is 0.298 e. The Kier molecular flexibility index (Phi) is 6.37. The average molecular weight is 429 g/mol. The van der Waals surface area contributed by atoms with E-state index in [2.05, 4.69) is 11.8 Å². The van der Waals surface area contributed by atoms with Gasteiger partial charge in [0.1, 0.15) is 0 Å². The lowest BCUT2D eigenvalue weighted by Crippen LogP contribution is -2.38. The molecular formula is C19H22Cl2N2O3S. The molecule has 0 aliphatic carbocycles. The van der Waals surface area contributed by atoms with Crippen LogP contribution < -0.4 is 0 Å². The van der Waals surface area contributed by atoms with E-state index in [0.29, 0.717) is 42.6 Å². The van der Waals surface area contributed by atoms with Crippen molar-refractivity contribution in [2.75, 3.05) is 32.4 Å². The van der Waals surface area contributed by atoms with Crippen molar-refractivity contribution in [3.05, 3.63) is 33.8 Å². The molecule has 2 heterocycles. The highest BCUT2D eigenvalue weighted by Crippen LogP contribution is 2.31. The lowest BCUT2D eigenvalue weighted by molar-refractivity contribution is -0.126. The third-order valence-corrected chi connectivity index (χ3v) is 7.14. The Balaban J connectivity index is 1.62. The van der Waals surface area contributed by atoms with Gasteiger partial charge in [-0.2, -0.15) is 0 Å². The number of rotatable bonds is 2. The van der Waals surface area contributed by atoms with Gasteiger partial charge < -0.3 is 4.90 Å². The minimum atomic E-state index is -3.19. The fourth-order valence-corrected chi connectivity index (χ4v) is 4.78. The first-order valence-corrected chi connectivity index (χ1v) is 11.5. The molecule has 1 aromatic rings. The highest BCUT2D eigenvalue weighted by Gasteiger charge is 2.28. The third kappa shape index (κ3) is 5.17. The fourth-order valence-electron chi connectivity index (χ4n) is 3.59. The molecule has 0 bridgehead atoms. The van der Waals surface area contributed by atoms with Crippen molar-refractivity contribution >= 4 is 39.1 Å². The molecule has 3 rings (SSSR count). The van der Waals surface area contributed by atoms with E-state index in [-0.39, 0.29) is 17.7 Å². The molecule has 8 heteroatoms. The second kappa shape index (κ2) is 8.40. The van der Waals surface area contributed by atoms with Crippen molar-refractivity contribution in [1.29, 1.82) is 0 Å². The van der Waals surface area contributed by atoms with Gasteiger partial charge >= 0.3 is 0 Å². The van der Waals surface area contributed by atoms with Crippen molar-refractivity contribution < 1.29 is 13.2 Å². The summed E-state index contributed by atoms with van der Waals surface area (Å²) in [5, 5.41) is 1.05. The number of hydrogen-bond acceptors (Lipinski definition) is 3. The second-order valence-electron chi connectivity index (χ2n) is 7.14. The standard InChI is InChI=1S/C19H22Cl2N2O3S/c1-27(25,26)23-10-8-14(12-23)4-7-19(24)22-9-2-3-16(13-22)15-5-6-17(20)18(21)11-15/h5-6,11,14,16H,2-3,8-10,12-13H2,1H3/t14-,16-/m0/s1. The van der Waals surface area contributed by atoms with E-state index in [1.807, 2.05) is 12.1 Å². The summed E-state index contributed by atoms with van der Waals surface area (Å²) in [6, 6.07) is 5.61. The zero-order valence-electron chi connectivity index (χ0n) is 15.1. The normalized spacial score (nSPS) is 23.7. The molecule has 2 atom stereocenters. The lowest BCUT2D eigenvalue weighted by atomic mass is 9.90. The first kappa shape index (κ1) is 20.5. The van der Waals surface area contributed by atoms with Gasteiger partial charge in [0, 0.05) is 38.0 Å². The molecule has 2 saturated heterocycles. The number of halogens is 2. The minimum absolute atomic E-state index is 0.0839. The summed E-state index contributed by atoms with van der Waals surface area (Å²) in [5.74, 6) is 5.63. The van der Waals surface area contributed by atoms with Crippen LogP contribution >= 0.6 is 23.2 Å². The number of likely N-dealkylation sites (tertiary alicyclic amines) is 1. The fraction of sp³-hybridized carbons (Fsp3) is 0.526. The van der Waals surface area contributed by atoms with E-state index in [0.717, 1.165) is 18.4 Å². The van der Waals surface area contributed by atoms with Crippen LogP contribution in [0.5, 0.6) is 0 Å². The first-order chi connectivity index (χ1) is 12.7. The van der Waals surface area contributed by atoms with Gasteiger partial charge in [0.2, 0.25) is 10.0 Å². The molecule has 0 unspecified atom stereocenters. The van der Waals surface area contributed by atoms with Crippen molar-refractivity contribution in [2.24, 2.45) is 5.92 Å². The topological polar surface area (TPSA) is 57.7 Å². The lowest BCUT2D eigenvalue weighted by Gasteiger charge is -2.32. The Morgan fingerprint density at radius 1 is 1.15 bits per heavy atom. The Labute approximate surface area is 170 Å². The Bertz CT molecular complexity index is 892. The SMILES string of the molecule is CS(=O)(=O)N1CC[C@H](C#CC(=O)N2CCC[C@H](c3ccc(Cl)c(Cl)c3)C2)C1. The van der Waals surface area contributed by atoms with Gasteiger partial charge in [-0.25, -0.2) is 12.7 Å². The molecule has 2 aliphatic heterocycles. The van der Waals surface area contributed by atoms with E-state index in [9.17, 15) is 13.2 Å². The van der Waals surface area contributed by atoms with Gasteiger partial charge in [0.25, 0.3) is 5.91 Å². The maximum absolute atomic E-state index is 12.5. The summed E-state index contributed by atoms with van der Waals surface area (Å²) in [4.78, 5) is 14.3. The predicted octanol–water partition coefficient (Wildman–Crippen LogP) is 2.98. The Morgan fingerprint density at radius 2 is 1.93 bits per heavy atom. The van der Waals surface area contributed by atoms with Crippen LogP contribution in [0.1, 0.15) is 30.7 Å². The van der Waals surface area contributed by atoms with Crippen LogP contribution in [0.25, 0.3) is 0 Å². The predicted molar refractivity (Wildman–Crippen MR) is 107 cm³/mol. The summed E-state index contributed by atoms with van der Waals surface area (Å²) >= 11 is 12.1. The number of nitrogens with zero attached hydrogens (tertiary/aromatic N) is 2. The number of carbonyl (C=O) groups is 1. The first-order valence-electron chi connectivity index (χ1n) is 8.94. The number of carbonyl (C=O) groups excluding carboxylic acids is 1. The third-order valence-electron chi connectivity index (χ3n) is 5.13. The molecule has 146 valence electrons. The van der Waals surface area contributed by atoms with Crippen molar-refractivity contribution in [1.82, 2.24) is 9.21 Å². The summed E-state index contributed by atoms with van der Waals surface area (Å²) in [6.07, 6.45) is 3.76. The van der Waals surface area contributed by atoms with Gasteiger partial charge in [-0.15, -0.1) is 0 Å². The van der Waals surface area contributed by atoms with Gasteiger partial charge in [-0.3, -0.25) is 4.79 Å². The Morgan fingerprint density at radius 3 is 2.59 bits per heavy atom. The molecule has 1 aromatic carbocycles. The van der Waals surface area contributed by atoms with Gasteiger partial charge in [0.05, 0.1) is 16.3 Å². The van der Waals surface area contributed by atoms with E-state index < -0.39 is 10.0 Å². The second-order valence-corrected chi connectivity index (χ2v) is 9.94. The Hall–Kier alpha value is -1.26. The number of hydrogen-bond donors (Lipinski definition) is 0. The molecule has 0 saturated carbocycles. The van der Waals surface area contributed by atoms with Crippen molar-refractivity contribution in [3.63, 3.8) is 0 Å². The molecule has 0 aromatic heterocycles. The van der Waals surface area contributed by atoms with Crippen LogP contribution in [0.4, 0.5) is 0 Å². The van der Waals surface area contributed by atoms with E-state index >= 15 is 0 Å². The number of piperidine rings is 1. The number of sulfonamides is 1. The number of benzene rings is 1. The highest BCUT2D eigenvalue weighted by atomic mass is 35.5. The molecular weight excluding hydrogens is 407 g/mol. The molecule has 1 amide bonds. The van der Waals surface area contributed by atoms with Gasteiger partial charge in [-0.05, 0) is 42.9 Å². The van der Waals surface area contributed by atoms with Crippen LogP contribution in [-0.2, 0) is 14.8 Å². The quantitative estimate of drug-likeness (QED) is 0.680. The van der Waals surface area contributed by atoms with Crippen LogP contribution in [0.3, 0.4) is 0 Å². The van der Waals surface area contributed by atoms with Crippen molar-refractivity contribution in [3.8, 4) is 11.8 Å². The molecule has 5 nitrogen and oxygen atoms in total. The van der Waals surface area contributed by atoms with Gasteiger partial charge in [-0.1, -0.05) is 35.2 Å². The molecule has 0 spiro atoms. The van der Waals surface area contributed by atoms with Crippen LogP contribution in [0, 0.1) is 17.8 Å². The summed E-state index contributed by atoms with van der Waals surface area (Å²) in [6.45, 7) is 2.12. The van der Waals surface area contributed by atoms with Crippen LogP contribution in [0.2, 0.25) is 10.0 Å². The summed E-state index contributed by atoms with van der Waals surface area (Å²) in [7, 11) is -3.19. The van der Waals surface area contributed by atoms with E-state index in [4.69, 9.17) is 23.2 Å². The molecule has 0 radical (unpaired) electrons. The zero-order valence-corrected chi connectivity index (χ0v) is 17.4. The zero-order chi connectivity index (χ0) is 19.6. The maximum atomic E-state index is 12.5.